The van der Waals surface area contributed by atoms with Gasteiger partial charge in [-0.05, 0) is 31.7 Å². The molecule has 0 amide bonds. The van der Waals surface area contributed by atoms with E-state index in [1.807, 2.05) is 0 Å². The molecular formula is C12H25NO2. The highest BCUT2D eigenvalue weighted by atomic mass is 16.5. The van der Waals surface area contributed by atoms with Crippen LogP contribution in [0.15, 0.2) is 0 Å². The predicted octanol–water partition coefficient (Wildman–Crippen LogP) is 1.82. The summed E-state index contributed by atoms with van der Waals surface area (Å²) in [5.74, 6) is 0.730. The fraction of sp³-hybridized carbons (Fsp3) is 1.00. The molecule has 1 saturated heterocycles. The quantitative estimate of drug-likeness (QED) is 0.626. The molecular weight excluding hydrogens is 190 g/mol. The lowest BCUT2D eigenvalue weighted by Gasteiger charge is -2.11. The molecule has 3 nitrogen and oxygen atoms in total. The molecule has 1 aliphatic heterocycles. The molecule has 1 rings (SSSR count). The third-order valence-electron chi connectivity index (χ3n) is 2.69. The lowest BCUT2D eigenvalue weighted by molar-refractivity contribution is 0.0376. The molecule has 1 aliphatic rings. The van der Waals surface area contributed by atoms with Gasteiger partial charge in [0.25, 0.3) is 0 Å². The van der Waals surface area contributed by atoms with Gasteiger partial charge in [0, 0.05) is 12.6 Å². The second-order valence-corrected chi connectivity index (χ2v) is 4.66. The van der Waals surface area contributed by atoms with Crippen molar-refractivity contribution < 1.29 is 9.47 Å². The first-order chi connectivity index (χ1) is 7.29. The van der Waals surface area contributed by atoms with E-state index in [1.54, 1.807) is 0 Å². The van der Waals surface area contributed by atoms with E-state index >= 15 is 0 Å². The summed E-state index contributed by atoms with van der Waals surface area (Å²) >= 11 is 0. The summed E-state index contributed by atoms with van der Waals surface area (Å²) in [6, 6.07) is 0.584. The Morgan fingerprint density at radius 1 is 1.20 bits per heavy atom. The van der Waals surface area contributed by atoms with E-state index in [2.05, 4.69) is 19.2 Å². The largest absolute Gasteiger partial charge is 0.379 e. The van der Waals surface area contributed by atoms with E-state index in [1.165, 1.54) is 12.8 Å². The van der Waals surface area contributed by atoms with Gasteiger partial charge in [-0.15, -0.1) is 0 Å². The third-order valence-corrected chi connectivity index (χ3v) is 2.69. The molecule has 1 N–H and O–H groups in total. The zero-order valence-corrected chi connectivity index (χ0v) is 10.1. The molecule has 0 saturated carbocycles. The van der Waals surface area contributed by atoms with Crippen LogP contribution in [0.1, 0.15) is 33.1 Å². The van der Waals surface area contributed by atoms with Gasteiger partial charge in [0.1, 0.15) is 0 Å². The molecule has 1 atom stereocenters. The van der Waals surface area contributed by atoms with Crippen LogP contribution in [0.3, 0.4) is 0 Å². The Kier molecular flexibility index (Phi) is 6.98. The van der Waals surface area contributed by atoms with E-state index in [-0.39, 0.29) is 0 Å². The molecule has 1 heterocycles. The summed E-state index contributed by atoms with van der Waals surface area (Å²) in [4.78, 5) is 0. The first-order valence-electron chi connectivity index (χ1n) is 6.18. The standard InChI is InChI=1S/C12H25NO2/c1-11(2)5-7-14-8-9-15-10-12-4-3-6-13-12/h11-13H,3-10H2,1-2H3. The van der Waals surface area contributed by atoms with Gasteiger partial charge in [-0.2, -0.15) is 0 Å². The summed E-state index contributed by atoms with van der Waals surface area (Å²) in [5, 5.41) is 3.41. The second kappa shape index (κ2) is 8.08. The predicted molar refractivity (Wildman–Crippen MR) is 62.1 cm³/mol. The third kappa shape index (κ3) is 6.88. The minimum Gasteiger partial charge on any atom is -0.379 e. The van der Waals surface area contributed by atoms with Crippen molar-refractivity contribution in [3.8, 4) is 0 Å². The highest BCUT2D eigenvalue weighted by molar-refractivity contribution is 4.73. The van der Waals surface area contributed by atoms with Crippen LogP contribution in [0.4, 0.5) is 0 Å². The molecule has 0 aromatic rings. The van der Waals surface area contributed by atoms with Crippen LogP contribution in [0.25, 0.3) is 0 Å². The van der Waals surface area contributed by atoms with E-state index < -0.39 is 0 Å². The van der Waals surface area contributed by atoms with Crippen molar-refractivity contribution in [3.63, 3.8) is 0 Å². The van der Waals surface area contributed by atoms with Crippen molar-refractivity contribution in [1.82, 2.24) is 5.32 Å². The highest BCUT2D eigenvalue weighted by Gasteiger charge is 2.13. The highest BCUT2D eigenvalue weighted by Crippen LogP contribution is 2.04. The Balaban J connectivity index is 1.76. The number of rotatable bonds is 8. The van der Waals surface area contributed by atoms with Crippen LogP contribution >= 0.6 is 0 Å². The molecule has 1 unspecified atom stereocenters. The van der Waals surface area contributed by atoms with Gasteiger partial charge in [0.15, 0.2) is 0 Å². The SMILES string of the molecule is CC(C)CCOCCOCC1CCCN1. The number of hydrogen-bond donors (Lipinski definition) is 1. The van der Waals surface area contributed by atoms with Crippen molar-refractivity contribution in [2.24, 2.45) is 5.92 Å². The first-order valence-corrected chi connectivity index (χ1v) is 6.18. The van der Waals surface area contributed by atoms with Crippen LogP contribution in [0.2, 0.25) is 0 Å². The molecule has 0 aliphatic carbocycles. The monoisotopic (exact) mass is 215 g/mol. The Bertz CT molecular complexity index is 145. The van der Waals surface area contributed by atoms with Crippen molar-refractivity contribution in [2.45, 2.75) is 39.2 Å². The van der Waals surface area contributed by atoms with Crippen molar-refractivity contribution >= 4 is 0 Å². The maximum Gasteiger partial charge on any atom is 0.0701 e. The Morgan fingerprint density at radius 2 is 2.00 bits per heavy atom. The molecule has 15 heavy (non-hydrogen) atoms. The summed E-state index contributed by atoms with van der Waals surface area (Å²) in [6.45, 7) is 8.75. The van der Waals surface area contributed by atoms with Gasteiger partial charge in [0.05, 0.1) is 19.8 Å². The van der Waals surface area contributed by atoms with Crippen molar-refractivity contribution in [2.75, 3.05) is 33.0 Å². The Labute approximate surface area is 93.5 Å². The lowest BCUT2D eigenvalue weighted by Crippen LogP contribution is -2.27. The fourth-order valence-electron chi connectivity index (χ4n) is 1.66. The van der Waals surface area contributed by atoms with Crippen molar-refractivity contribution in [1.29, 1.82) is 0 Å². The molecule has 3 heteroatoms. The lowest BCUT2D eigenvalue weighted by atomic mass is 10.1. The van der Waals surface area contributed by atoms with Crippen LogP contribution < -0.4 is 5.32 Å². The molecule has 0 aromatic carbocycles. The fourth-order valence-corrected chi connectivity index (χ4v) is 1.66. The minimum atomic E-state index is 0.584. The molecule has 0 radical (unpaired) electrons. The number of nitrogens with one attached hydrogen (secondary N) is 1. The zero-order chi connectivity index (χ0) is 10.9. The normalized spacial score (nSPS) is 21.4. The summed E-state index contributed by atoms with van der Waals surface area (Å²) in [5.41, 5.74) is 0. The molecule has 0 bridgehead atoms. The maximum absolute atomic E-state index is 5.54. The summed E-state index contributed by atoms with van der Waals surface area (Å²) in [6.07, 6.45) is 3.69. The minimum absolute atomic E-state index is 0.584. The average molecular weight is 215 g/mol. The van der Waals surface area contributed by atoms with Gasteiger partial charge < -0.3 is 14.8 Å². The van der Waals surface area contributed by atoms with E-state index in [4.69, 9.17) is 9.47 Å². The second-order valence-electron chi connectivity index (χ2n) is 4.66. The summed E-state index contributed by atoms with van der Waals surface area (Å²) < 4.78 is 11.0. The number of ether oxygens (including phenoxy) is 2. The zero-order valence-electron chi connectivity index (χ0n) is 10.1. The van der Waals surface area contributed by atoms with E-state index in [9.17, 15) is 0 Å². The van der Waals surface area contributed by atoms with Gasteiger partial charge in [0.2, 0.25) is 0 Å². The smallest absolute Gasteiger partial charge is 0.0701 e. The molecule has 90 valence electrons. The number of hydrogen-bond acceptors (Lipinski definition) is 3. The topological polar surface area (TPSA) is 30.5 Å². The maximum atomic E-state index is 5.54. The van der Waals surface area contributed by atoms with Gasteiger partial charge >= 0.3 is 0 Å². The van der Waals surface area contributed by atoms with E-state index in [0.717, 1.165) is 45.3 Å². The summed E-state index contributed by atoms with van der Waals surface area (Å²) in [7, 11) is 0. The van der Waals surface area contributed by atoms with Gasteiger partial charge in [-0.1, -0.05) is 13.8 Å². The van der Waals surface area contributed by atoms with E-state index in [0.29, 0.717) is 6.04 Å². The Morgan fingerprint density at radius 3 is 2.67 bits per heavy atom. The average Bonchev–Trinajstić information content (AvgIpc) is 2.68. The first kappa shape index (κ1) is 12.9. The molecule has 0 aromatic heterocycles. The van der Waals surface area contributed by atoms with Crippen LogP contribution in [0, 0.1) is 5.92 Å². The van der Waals surface area contributed by atoms with Crippen LogP contribution in [-0.4, -0.2) is 39.0 Å². The van der Waals surface area contributed by atoms with Gasteiger partial charge in [-0.3, -0.25) is 0 Å². The van der Waals surface area contributed by atoms with Crippen LogP contribution in [0.5, 0.6) is 0 Å². The molecule has 1 fully saturated rings. The Hall–Kier alpha value is -0.120. The van der Waals surface area contributed by atoms with Crippen molar-refractivity contribution in [3.05, 3.63) is 0 Å². The van der Waals surface area contributed by atoms with Gasteiger partial charge in [-0.25, -0.2) is 0 Å². The van der Waals surface area contributed by atoms with Crippen LogP contribution in [-0.2, 0) is 9.47 Å². The molecule has 0 spiro atoms.